The second kappa shape index (κ2) is 9.38. The minimum Gasteiger partial charge on any atom is -0.361 e. The van der Waals surface area contributed by atoms with E-state index in [0.717, 1.165) is 40.6 Å². The van der Waals surface area contributed by atoms with E-state index in [2.05, 4.69) is 33.8 Å². The van der Waals surface area contributed by atoms with Gasteiger partial charge in [0.25, 0.3) is 0 Å². The Labute approximate surface area is 200 Å². The van der Waals surface area contributed by atoms with E-state index in [1.807, 2.05) is 42.6 Å². The summed E-state index contributed by atoms with van der Waals surface area (Å²) < 4.78 is 0. The van der Waals surface area contributed by atoms with Crippen LogP contribution in [0, 0.1) is 11.3 Å². The van der Waals surface area contributed by atoms with Crippen molar-refractivity contribution in [3.8, 4) is 6.07 Å². The molecule has 1 aliphatic rings. The second-order valence-corrected chi connectivity index (χ2v) is 9.37. The lowest BCUT2D eigenvalue weighted by Gasteiger charge is -2.22. The molecule has 0 spiro atoms. The first-order valence-electron chi connectivity index (χ1n) is 11.1. The fraction of sp³-hybridized carbons (Fsp3) is 0.148. The molecule has 0 bridgehead atoms. The van der Waals surface area contributed by atoms with Gasteiger partial charge in [-0.05, 0) is 59.9 Å². The van der Waals surface area contributed by atoms with Crippen molar-refractivity contribution >= 4 is 44.7 Å². The van der Waals surface area contributed by atoms with E-state index in [-0.39, 0.29) is 0 Å². The maximum Gasteiger partial charge on any atom is 0.249 e. The lowest BCUT2D eigenvalue weighted by atomic mass is 9.83. The molecule has 3 N–H and O–H groups in total. The van der Waals surface area contributed by atoms with Gasteiger partial charge in [-0.1, -0.05) is 36.4 Å². The van der Waals surface area contributed by atoms with Crippen molar-refractivity contribution in [3.63, 3.8) is 0 Å². The summed E-state index contributed by atoms with van der Waals surface area (Å²) in [6, 6.07) is 20.1. The van der Waals surface area contributed by atoms with Gasteiger partial charge in [-0.3, -0.25) is 9.59 Å². The Morgan fingerprint density at radius 1 is 1.06 bits per heavy atom. The third-order valence-electron chi connectivity index (χ3n) is 6.09. The van der Waals surface area contributed by atoms with E-state index in [1.165, 1.54) is 29.1 Å². The molecule has 2 aromatic heterocycles. The third-order valence-corrected chi connectivity index (χ3v) is 7.26. The Balaban J connectivity index is 1.24. The Morgan fingerprint density at radius 3 is 2.65 bits per heavy atom. The zero-order valence-electron chi connectivity index (χ0n) is 18.3. The number of benzene rings is 2. The summed E-state index contributed by atoms with van der Waals surface area (Å²) in [5.74, 6) is -0.432. The number of carbonyl (C=O) groups is 2. The average Bonchev–Trinajstić information content (AvgIpc) is 3.46. The van der Waals surface area contributed by atoms with Gasteiger partial charge in [0.05, 0.1) is 5.56 Å². The number of anilines is 2. The minimum atomic E-state index is -0.440. The number of nitriles is 1. The number of hydrogen-bond donors (Lipinski definition) is 3. The van der Waals surface area contributed by atoms with Crippen molar-refractivity contribution in [2.75, 3.05) is 10.6 Å². The molecule has 5 rings (SSSR count). The lowest BCUT2D eigenvalue weighted by molar-refractivity contribution is -0.114. The van der Waals surface area contributed by atoms with Gasteiger partial charge in [0.15, 0.2) is 0 Å². The van der Waals surface area contributed by atoms with Crippen molar-refractivity contribution in [1.82, 2.24) is 4.98 Å². The monoisotopic (exact) mass is 466 g/mol. The normalized spacial score (nSPS) is 15.1. The standard InChI is InChI=1S/C27H22N4O2S/c28-16-22-21-9-7-19(17-4-2-1-3-5-17)14-24(21)34-27(22)31-26(33)11-10-25(32)30-20-8-6-18-12-13-29-23(18)15-20/h1-6,8,10-13,15,19,29H,7,9,14H2,(H,30,32)(H,31,33)/b11-10+. The van der Waals surface area contributed by atoms with Gasteiger partial charge in [-0.2, -0.15) is 5.26 Å². The summed E-state index contributed by atoms with van der Waals surface area (Å²) in [5, 5.41) is 16.9. The Bertz CT molecular complexity index is 1440. The van der Waals surface area contributed by atoms with Gasteiger partial charge < -0.3 is 15.6 Å². The van der Waals surface area contributed by atoms with Gasteiger partial charge in [-0.15, -0.1) is 11.3 Å². The van der Waals surface area contributed by atoms with E-state index < -0.39 is 11.8 Å². The van der Waals surface area contributed by atoms with Crippen LogP contribution in [0.2, 0.25) is 0 Å². The van der Waals surface area contributed by atoms with Crippen LogP contribution in [0.5, 0.6) is 0 Å². The maximum atomic E-state index is 12.5. The topological polar surface area (TPSA) is 97.8 Å². The first-order chi connectivity index (χ1) is 16.6. The number of rotatable bonds is 5. The number of hydrogen-bond acceptors (Lipinski definition) is 4. The summed E-state index contributed by atoms with van der Waals surface area (Å²) >= 11 is 1.46. The predicted octanol–water partition coefficient (Wildman–Crippen LogP) is 5.51. The SMILES string of the molecule is N#Cc1c(NC(=O)/C=C/C(=O)Nc2ccc3cc[nH]c3c2)sc2c1CCC(c1ccccc1)C2. The van der Waals surface area contributed by atoms with Crippen LogP contribution >= 0.6 is 11.3 Å². The van der Waals surface area contributed by atoms with E-state index >= 15 is 0 Å². The zero-order chi connectivity index (χ0) is 23.5. The summed E-state index contributed by atoms with van der Waals surface area (Å²) in [6.07, 6.45) is 6.87. The molecule has 1 aliphatic carbocycles. The average molecular weight is 467 g/mol. The molecule has 1 unspecified atom stereocenters. The number of aromatic nitrogens is 1. The molecule has 1 atom stereocenters. The van der Waals surface area contributed by atoms with Crippen LogP contribution in [0.3, 0.4) is 0 Å². The van der Waals surface area contributed by atoms with Crippen LogP contribution in [-0.4, -0.2) is 16.8 Å². The molecular weight excluding hydrogens is 444 g/mol. The summed E-state index contributed by atoms with van der Waals surface area (Å²) in [6.45, 7) is 0. The second-order valence-electron chi connectivity index (χ2n) is 8.26. The lowest BCUT2D eigenvalue weighted by Crippen LogP contribution is -2.12. The van der Waals surface area contributed by atoms with Crippen LogP contribution < -0.4 is 10.6 Å². The largest absolute Gasteiger partial charge is 0.361 e. The van der Waals surface area contributed by atoms with Crippen molar-refractivity contribution in [3.05, 3.63) is 94.5 Å². The number of carbonyl (C=O) groups excluding carboxylic acids is 2. The Kier molecular flexibility index (Phi) is 5.98. The highest BCUT2D eigenvalue weighted by molar-refractivity contribution is 7.16. The highest BCUT2D eigenvalue weighted by atomic mass is 32.1. The van der Waals surface area contributed by atoms with E-state index in [4.69, 9.17) is 0 Å². The highest BCUT2D eigenvalue weighted by Crippen LogP contribution is 2.42. The molecule has 2 heterocycles. The van der Waals surface area contributed by atoms with Crippen LogP contribution in [0.15, 0.2) is 72.9 Å². The zero-order valence-corrected chi connectivity index (χ0v) is 19.1. The number of H-pyrrole nitrogens is 1. The molecule has 0 saturated heterocycles. The molecule has 6 nitrogen and oxygen atoms in total. The molecular formula is C27H22N4O2S. The van der Waals surface area contributed by atoms with Crippen molar-refractivity contribution < 1.29 is 9.59 Å². The van der Waals surface area contributed by atoms with E-state index in [0.29, 0.717) is 22.2 Å². The van der Waals surface area contributed by atoms with Crippen LogP contribution in [0.4, 0.5) is 10.7 Å². The molecule has 2 aromatic carbocycles. The third kappa shape index (κ3) is 4.49. The van der Waals surface area contributed by atoms with E-state index in [1.54, 1.807) is 6.07 Å². The predicted molar refractivity (Wildman–Crippen MR) is 135 cm³/mol. The van der Waals surface area contributed by atoms with Crippen molar-refractivity contribution in [2.45, 2.75) is 25.2 Å². The first-order valence-corrected chi connectivity index (χ1v) is 11.9. The van der Waals surface area contributed by atoms with Crippen LogP contribution in [-0.2, 0) is 22.4 Å². The highest BCUT2D eigenvalue weighted by Gasteiger charge is 2.27. The number of thiophene rings is 1. The van der Waals surface area contributed by atoms with Gasteiger partial charge in [0, 0.05) is 34.4 Å². The number of nitrogens with one attached hydrogen (secondary N) is 3. The van der Waals surface area contributed by atoms with Crippen molar-refractivity contribution in [2.24, 2.45) is 0 Å². The Morgan fingerprint density at radius 2 is 1.85 bits per heavy atom. The molecule has 34 heavy (non-hydrogen) atoms. The number of amides is 2. The number of fused-ring (bicyclic) bond motifs is 2. The number of aromatic amines is 1. The molecule has 0 fully saturated rings. The molecule has 0 radical (unpaired) electrons. The quantitative estimate of drug-likeness (QED) is 0.338. The summed E-state index contributed by atoms with van der Waals surface area (Å²) in [7, 11) is 0. The number of nitrogens with zero attached hydrogens (tertiary/aromatic N) is 1. The minimum absolute atomic E-state index is 0.405. The molecule has 0 saturated carbocycles. The van der Waals surface area contributed by atoms with E-state index in [9.17, 15) is 14.9 Å². The molecule has 0 aliphatic heterocycles. The fourth-order valence-electron chi connectivity index (χ4n) is 4.42. The van der Waals surface area contributed by atoms with Gasteiger partial charge in [-0.25, -0.2) is 0 Å². The fourth-order valence-corrected chi connectivity index (χ4v) is 5.70. The smallest absolute Gasteiger partial charge is 0.249 e. The van der Waals surface area contributed by atoms with Crippen LogP contribution in [0.25, 0.3) is 10.9 Å². The van der Waals surface area contributed by atoms with Gasteiger partial charge in [0.1, 0.15) is 11.1 Å². The molecule has 2 amide bonds. The Hall–Kier alpha value is -4.15. The molecule has 4 aromatic rings. The maximum absolute atomic E-state index is 12.5. The van der Waals surface area contributed by atoms with Crippen molar-refractivity contribution in [1.29, 1.82) is 5.26 Å². The van der Waals surface area contributed by atoms with Gasteiger partial charge in [0.2, 0.25) is 11.8 Å². The summed E-state index contributed by atoms with van der Waals surface area (Å²) in [4.78, 5) is 29.0. The molecule has 168 valence electrons. The molecule has 7 heteroatoms. The first kappa shape index (κ1) is 21.7. The van der Waals surface area contributed by atoms with Crippen LogP contribution in [0.1, 0.15) is 33.9 Å². The summed E-state index contributed by atoms with van der Waals surface area (Å²) in [5.41, 5.74) is 4.43. The van der Waals surface area contributed by atoms with Gasteiger partial charge >= 0.3 is 0 Å².